The van der Waals surface area contributed by atoms with E-state index >= 15 is 0 Å². The van der Waals surface area contributed by atoms with Crippen LogP contribution in [0.15, 0.2) is 29.2 Å². The third-order valence-corrected chi connectivity index (χ3v) is 4.88. The molecule has 0 aliphatic carbocycles. The van der Waals surface area contributed by atoms with Crippen LogP contribution in [0.1, 0.15) is 46.1 Å². The zero-order valence-electron chi connectivity index (χ0n) is 12.8. The van der Waals surface area contributed by atoms with Crippen molar-refractivity contribution in [1.82, 2.24) is 5.32 Å². The Morgan fingerprint density at radius 2 is 1.79 bits per heavy atom. The molecule has 0 aromatic heterocycles. The van der Waals surface area contributed by atoms with E-state index in [9.17, 15) is 4.21 Å². The molecule has 3 heteroatoms. The van der Waals surface area contributed by atoms with Crippen LogP contribution in [-0.2, 0) is 16.2 Å². The van der Waals surface area contributed by atoms with Gasteiger partial charge in [-0.3, -0.25) is 4.21 Å². The molecule has 0 aliphatic heterocycles. The molecule has 1 N–H and O–H groups in total. The first-order chi connectivity index (χ1) is 8.88. The van der Waals surface area contributed by atoms with Crippen LogP contribution in [0.5, 0.6) is 0 Å². The fourth-order valence-electron chi connectivity index (χ4n) is 2.05. The highest BCUT2D eigenvalue weighted by molar-refractivity contribution is 7.85. The minimum absolute atomic E-state index is 0.149. The largest absolute Gasteiger partial charge is 0.316 e. The Hall–Kier alpha value is -0.670. The predicted octanol–water partition coefficient (Wildman–Crippen LogP) is 3.48. The Labute approximate surface area is 120 Å². The van der Waals surface area contributed by atoms with Crippen LogP contribution in [0.4, 0.5) is 0 Å². The summed E-state index contributed by atoms with van der Waals surface area (Å²) in [6.07, 6.45) is 2.19. The van der Waals surface area contributed by atoms with Gasteiger partial charge >= 0.3 is 0 Å². The summed E-state index contributed by atoms with van der Waals surface area (Å²) in [5.74, 6) is 0.694. The molecule has 1 aromatic carbocycles. The number of hydrogen-bond acceptors (Lipinski definition) is 2. The second-order valence-corrected chi connectivity index (χ2v) is 7.56. The van der Waals surface area contributed by atoms with Gasteiger partial charge in [-0.25, -0.2) is 0 Å². The average molecular weight is 281 g/mol. The van der Waals surface area contributed by atoms with E-state index in [2.05, 4.69) is 45.1 Å². The summed E-state index contributed by atoms with van der Waals surface area (Å²) in [6.45, 7) is 8.73. The van der Waals surface area contributed by atoms with Gasteiger partial charge in [0.2, 0.25) is 0 Å². The van der Waals surface area contributed by atoms with E-state index in [-0.39, 0.29) is 5.41 Å². The van der Waals surface area contributed by atoms with Crippen molar-refractivity contribution in [2.45, 2.75) is 56.9 Å². The first-order valence-corrected chi connectivity index (χ1v) is 8.36. The highest BCUT2D eigenvalue weighted by Gasteiger charge is 2.15. The Kier molecular flexibility index (Phi) is 6.21. The SMILES string of the molecule is CCCC(CS(=O)c1ccc(C(C)(C)C)cc1)NC. The molecule has 19 heavy (non-hydrogen) atoms. The summed E-state index contributed by atoms with van der Waals surface area (Å²) in [5.41, 5.74) is 1.43. The molecule has 108 valence electrons. The first kappa shape index (κ1) is 16.4. The van der Waals surface area contributed by atoms with Crippen molar-refractivity contribution in [3.63, 3.8) is 0 Å². The van der Waals surface area contributed by atoms with Gasteiger partial charge in [0.15, 0.2) is 0 Å². The lowest BCUT2D eigenvalue weighted by Crippen LogP contribution is -2.30. The lowest BCUT2D eigenvalue weighted by molar-refractivity contribution is 0.557. The molecule has 1 rings (SSSR count). The van der Waals surface area contributed by atoms with Crippen LogP contribution in [0.3, 0.4) is 0 Å². The Morgan fingerprint density at radius 1 is 1.21 bits per heavy atom. The summed E-state index contributed by atoms with van der Waals surface area (Å²) >= 11 is 0. The van der Waals surface area contributed by atoms with E-state index in [0.717, 1.165) is 17.7 Å². The molecule has 0 fully saturated rings. The molecule has 0 saturated heterocycles. The van der Waals surface area contributed by atoms with Gasteiger partial charge in [0.25, 0.3) is 0 Å². The topological polar surface area (TPSA) is 29.1 Å². The molecule has 2 nitrogen and oxygen atoms in total. The molecular formula is C16H27NOS. The number of nitrogens with one attached hydrogen (secondary N) is 1. The molecule has 0 saturated carbocycles. The second-order valence-electron chi connectivity index (χ2n) is 6.06. The molecule has 2 atom stereocenters. The lowest BCUT2D eigenvalue weighted by atomic mass is 9.87. The monoisotopic (exact) mass is 281 g/mol. The molecule has 0 amide bonds. The highest BCUT2D eigenvalue weighted by Crippen LogP contribution is 2.23. The smallest absolute Gasteiger partial charge is 0.0545 e. The van der Waals surface area contributed by atoms with Gasteiger partial charge < -0.3 is 5.32 Å². The second kappa shape index (κ2) is 7.20. The summed E-state index contributed by atoms with van der Waals surface area (Å²) in [5, 5.41) is 3.25. The van der Waals surface area contributed by atoms with Gasteiger partial charge in [-0.2, -0.15) is 0 Å². The fourth-order valence-corrected chi connectivity index (χ4v) is 3.38. The van der Waals surface area contributed by atoms with Crippen molar-refractivity contribution < 1.29 is 4.21 Å². The minimum atomic E-state index is -0.912. The van der Waals surface area contributed by atoms with Crippen LogP contribution in [-0.4, -0.2) is 23.1 Å². The third-order valence-electron chi connectivity index (χ3n) is 3.38. The summed E-state index contributed by atoms with van der Waals surface area (Å²) in [7, 11) is 1.03. The van der Waals surface area contributed by atoms with E-state index in [1.165, 1.54) is 5.56 Å². The van der Waals surface area contributed by atoms with E-state index in [1.54, 1.807) is 0 Å². The Bertz CT molecular complexity index is 406. The maximum Gasteiger partial charge on any atom is 0.0545 e. The highest BCUT2D eigenvalue weighted by atomic mass is 32.2. The molecule has 0 bridgehead atoms. The van der Waals surface area contributed by atoms with E-state index in [1.807, 2.05) is 19.2 Å². The molecule has 0 radical (unpaired) electrons. The molecule has 2 unspecified atom stereocenters. The normalized spacial score (nSPS) is 15.2. The van der Waals surface area contributed by atoms with E-state index < -0.39 is 10.8 Å². The molecule has 1 aromatic rings. The van der Waals surface area contributed by atoms with Crippen LogP contribution < -0.4 is 5.32 Å². The average Bonchev–Trinajstić information content (AvgIpc) is 2.37. The Morgan fingerprint density at radius 3 is 2.21 bits per heavy atom. The van der Waals surface area contributed by atoms with Crippen LogP contribution in [0.2, 0.25) is 0 Å². The van der Waals surface area contributed by atoms with Crippen LogP contribution in [0, 0.1) is 0 Å². The van der Waals surface area contributed by atoms with Crippen molar-refractivity contribution in [1.29, 1.82) is 0 Å². The zero-order valence-corrected chi connectivity index (χ0v) is 13.6. The quantitative estimate of drug-likeness (QED) is 0.865. The number of rotatable bonds is 6. The fraction of sp³-hybridized carbons (Fsp3) is 0.625. The maximum atomic E-state index is 12.3. The summed E-state index contributed by atoms with van der Waals surface area (Å²) < 4.78 is 12.3. The molecule has 0 spiro atoms. The zero-order chi connectivity index (χ0) is 14.5. The number of hydrogen-bond donors (Lipinski definition) is 1. The van der Waals surface area contributed by atoms with Crippen molar-refractivity contribution in [3.8, 4) is 0 Å². The van der Waals surface area contributed by atoms with Crippen molar-refractivity contribution in [2.24, 2.45) is 0 Å². The Balaban J connectivity index is 2.73. The van der Waals surface area contributed by atoms with Gasteiger partial charge in [0, 0.05) is 16.7 Å². The van der Waals surface area contributed by atoms with Gasteiger partial charge in [-0.05, 0) is 36.6 Å². The van der Waals surface area contributed by atoms with E-state index in [0.29, 0.717) is 11.8 Å². The number of benzene rings is 1. The van der Waals surface area contributed by atoms with Gasteiger partial charge in [-0.1, -0.05) is 46.2 Å². The standard InChI is InChI=1S/C16H27NOS/c1-6-7-14(17-5)12-19(18)15-10-8-13(9-11-15)16(2,3)4/h8-11,14,17H,6-7,12H2,1-5H3. The summed E-state index contributed by atoms with van der Waals surface area (Å²) in [6, 6.07) is 8.56. The molecule has 0 heterocycles. The lowest BCUT2D eigenvalue weighted by Gasteiger charge is -2.19. The van der Waals surface area contributed by atoms with E-state index in [4.69, 9.17) is 0 Å². The molecular weight excluding hydrogens is 254 g/mol. The summed E-state index contributed by atoms with van der Waals surface area (Å²) in [4.78, 5) is 0.935. The van der Waals surface area contributed by atoms with Gasteiger partial charge in [0.05, 0.1) is 10.8 Å². The van der Waals surface area contributed by atoms with Crippen molar-refractivity contribution >= 4 is 10.8 Å². The maximum absolute atomic E-state index is 12.3. The van der Waals surface area contributed by atoms with Crippen LogP contribution >= 0.6 is 0 Å². The van der Waals surface area contributed by atoms with Gasteiger partial charge in [0.1, 0.15) is 0 Å². The third kappa shape index (κ3) is 5.07. The first-order valence-electron chi connectivity index (χ1n) is 7.04. The minimum Gasteiger partial charge on any atom is -0.316 e. The predicted molar refractivity (Wildman–Crippen MR) is 84.2 cm³/mol. The van der Waals surface area contributed by atoms with Crippen LogP contribution in [0.25, 0.3) is 0 Å². The van der Waals surface area contributed by atoms with Crippen molar-refractivity contribution in [2.75, 3.05) is 12.8 Å². The van der Waals surface area contributed by atoms with Gasteiger partial charge in [-0.15, -0.1) is 0 Å². The molecule has 0 aliphatic rings. The van der Waals surface area contributed by atoms with Crippen molar-refractivity contribution in [3.05, 3.63) is 29.8 Å².